The number of carbonyl (C=O) groups excluding carboxylic acids is 1. The number of benzene rings is 1. The summed E-state index contributed by atoms with van der Waals surface area (Å²) in [4.78, 5) is 15.5. The molecule has 6 heteroatoms. The summed E-state index contributed by atoms with van der Waals surface area (Å²) in [5.41, 5.74) is 3.47. The van der Waals surface area contributed by atoms with E-state index in [1.54, 1.807) is 11.3 Å². The second kappa shape index (κ2) is 7.06. The number of hydrogen-bond donors (Lipinski definition) is 1. The number of hydrogen-bond acceptors (Lipinski definition) is 6. The molecule has 3 heterocycles. The number of carbonyl (C=O) groups is 1. The monoisotopic (exact) mass is 358 g/mol. The standard InChI is InChI=1S/C19H22N2O3S/c1-2-24-19(22)17-16-15(18(25-17)21-8-10-23-11-9-21)14(12-20-16)13-6-4-3-5-7-13/h3-7,14,20H,2,8-12H2,1H3. The molecule has 2 aromatic rings. The Morgan fingerprint density at radius 3 is 2.80 bits per heavy atom. The predicted octanol–water partition coefficient (Wildman–Crippen LogP) is 3.32. The van der Waals surface area contributed by atoms with E-state index in [1.807, 2.05) is 13.0 Å². The molecule has 4 rings (SSSR count). The van der Waals surface area contributed by atoms with E-state index in [1.165, 1.54) is 16.1 Å². The Hall–Kier alpha value is -2.05. The third-order valence-corrected chi connectivity index (χ3v) is 5.96. The lowest BCUT2D eigenvalue weighted by Gasteiger charge is -2.29. The van der Waals surface area contributed by atoms with Crippen LogP contribution in [0.5, 0.6) is 0 Å². The quantitative estimate of drug-likeness (QED) is 0.850. The Bertz CT molecular complexity index is 754. The van der Waals surface area contributed by atoms with E-state index in [2.05, 4.69) is 34.5 Å². The summed E-state index contributed by atoms with van der Waals surface area (Å²) in [5, 5.41) is 4.65. The van der Waals surface area contributed by atoms with Crippen molar-refractivity contribution in [3.63, 3.8) is 0 Å². The van der Waals surface area contributed by atoms with E-state index in [4.69, 9.17) is 9.47 Å². The van der Waals surface area contributed by atoms with Gasteiger partial charge in [-0.1, -0.05) is 30.3 Å². The SMILES string of the molecule is CCOC(=O)c1sc(N2CCOCC2)c2c1NCC2c1ccccc1. The van der Waals surface area contributed by atoms with E-state index in [0.717, 1.165) is 38.5 Å². The van der Waals surface area contributed by atoms with Crippen molar-refractivity contribution in [3.8, 4) is 0 Å². The Balaban J connectivity index is 1.78. The molecule has 1 unspecified atom stereocenters. The lowest BCUT2D eigenvalue weighted by atomic mass is 9.94. The first-order valence-electron chi connectivity index (χ1n) is 8.75. The van der Waals surface area contributed by atoms with Crippen molar-refractivity contribution in [3.05, 3.63) is 46.3 Å². The Morgan fingerprint density at radius 2 is 2.08 bits per heavy atom. The number of esters is 1. The summed E-state index contributed by atoms with van der Waals surface area (Å²) in [6.07, 6.45) is 0. The molecular formula is C19H22N2O3S. The molecule has 1 N–H and O–H groups in total. The zero-order valence-corrected chi connectivity index (χ0v) is 15.1. The van der Waals surface area contributed by atoms with E-state index in [-0.39, 0.29) is 11.9 Å². The predicted molar refractivity (Wildman–Crippen MR) is 100 cm³/mol. The first-order chi connectivity index (χ1) is 12.3. The summed E-state index contributed by atoms with van der Waals surface area (Å²) in [5.74, 6) is 0.0259. The van der Waals surface area contributed by atoms with Gasteiger partial charge in [0.2, 0.25) is 0 Å². The zero-order valence-electron chi connectivity index (χ0n) is 14.3. The molecule has 0 radical (unpaired) electrons. The minimum Gasteiger partial charge on any atom is -0.462 e. The molecule has 0 aliphatic carbocycles. The van der Waals surface area contributed by atoms with Crippen LogP contribution in [0.1, 0.15) is 33.6 Å². The lowest BCUT2D eigenvalue weighted by molar-refractivity contribution is 0.0533. The van der Waals surface area contributed by atoms with Crippen LogP contribution in [0, 0.1) is 0 Å². The normalized spacial score (nSPS) is 19.4. The molecule has 1 fully saturated rings. The van der Waals surface area contributed by atoms with Gasteiger partial charge in [-0.25, -0.2) is 4.79 Å². The number of nitrogens with one attached hydrogen (secondary N) is 1. The summed E-state index contributed by atoms with van der Waals surface area (Å²) >= 11 is 1.55. The molecular weight excluding hydrogens is 336 g/mol. The van der Waals surface area contributed by atoms with Crippen molar-refractivity contribution in [2.45, 2.75) is 12.8 Å². The van der Waals surface area contributed by atoms with Crippen molar-refractivity contribution >= 4 is 28.0 Å². The second-order valence-corrected chi connectivity index (χ2v) is 7.19. The van der Waals surface area contributed by atoms with Gasteiger partial charge in [-0.15, -0.1) is 11.3 Å². The maximum Gasteiger partial charge on any atom is 0.350 e. The molecule has 1 aromatic carbocycles. The number of fused-ring (bicyclic) bond motifs is 1. The van der Waals surface area contributed by atoms with E-state index >= 15 is 0 Å². The van der Waals surface area contributed by atoms with Gasteiger partial charge in [0.15, 0.2) is 0 Å². The Morgan fingerprint density at radius 1 is 1.32 bits per heavy atom. The molecule has 0 bridgehead atoms. The van der Waals surface area contributed by atoms with Gasteiger partial charge in [0, 0.05) is 31.1 Å². The van der Waals surface area contributed by atoms with E-state index in [0.29, 0.717) is 11.5 Å². The van der Waals surface area contributed by atoms with Crippen molar-refractivity contribution in [1.29, 1.82) is 0 Å². The highest BCUT2D eigenvalue weighted by molar-refractivity contribution is 7.18. The van der Waals surface area contributed by atoms with Crippen molar-refractivity contribution in [1.82, 2.24) is 0 Å². The van der Waals surface area contributed by atoms with Crippen LogP contribution in [0.3, 0.4) is 0 Å². The summed E-state index contributed by atoms with van der Waals surface area (Å²) < 4.78 is 10.8. The highest BCUT2D eigenvalue weighted by Gasteiger charge is 2.36. The van der Waals surface area contributed by atoms with E-state index < -0.39 is 0 Å². The average molecular weight is 358 g/mol. The highest BCUT2D eigenvalue weighted by atomic mass is 32.1. The van der Waals surface area contributed by atoms with Gasteiger partial charge in [0.05, 0.1) is 30.5 Å². The van der Waals surface area contributed by atoms with Crippen LogP contribution in [0.2, 0.25) is 0 Å². The number of nitrogens with zero attached hydrogens (tertiary/aromatic N) is 1. The maximum absolute atomic E-state index is 12.4. The zero-order chi connectivity index (χ0) is 17.2. The fraction of sp³-hybridized carbons (Fsp3) is 0.421. The van der Waals surface area contributed by atoms with Gasteiger partial charge in [-0.3, -0.25) is 0 Å². The van der Waals surface area contributed by atoms with Crippen LogP contribution in [-0.2, 0) is 9.47 Å². The van der Waals surface area contributed by atoms with Crippen molar-refractivity contribution in [2.24, 2.45) is 0 Å². The van der Waals surface area contributed by atoms with Crippen LogP contribution in [0.4, 0.5) is 10.7 Å². The third-order valence-electron chi connectivity index (χ3n) is 4.72. The molecule has 0 amide bonds. The molecule has 0 spiro atoms. The second-order valence-electron chi connectivity index (χ2n) is 6.19. The minimum atomic E-state index is -0.232. The van der Waals surface area contributed by atoms with Gasteiger partial charge in [0.1, 0.15) is 4.88 Å². The first-order valence-corrected chi connectivity index (χ1v) is 9.56. The molecule has 25 heavy (non-hydrogen) atoms. The molecule has 5 nitrogen and oxygen atoms in total. The fourth-order valence-electron chi connectivity index (χ4n) is 3.55. The Labute approximate surface area is 151 Å². The van der Waals surface area contributed by atoms with Gasteiger partial charge in [-0.05, 0) is 12.5 Å². The molecule has 0 saturated carbocycles. The smallest absolute Gasteiger partial charge is 0.350 e. The number of ether oxygens (including phenoxy) is 2. The van der Waals surface area contributed by atoms with Gasteiger partial charge >= 0.3 is 5.97 Å². The number of anilines is 2. The van der Waals surface area contributed by atoms with Crippen molar-refractivity contribution in [2.75, 3.05) is 49.7 Å². The molecule has 2 aliphatic rings. The van der Waals surface area contributed by atoms with Crippen LogP contribution >= 0.6 is 11.3 Å². The molecule has 1 aromatic heterocycles. The molecule has 1 atom stereocenters. The maximum atomic E-state index is 12.4. The van der Waals surface area contributed by atoms with Gasteiger partial charge in [-0.2, -0.15) is 0 Å². The number of rotatable bonds is 4. The highest BCUT2D eigenvalue weighted by Crippen LogP contribution is 2.50. The molecule has 2 aliphatic heterocycles. The summed E-state index contributed by atoms with van der Waals surface area (Å²) in [6, 6.07) is 10.5. The number of morpholine rings is 1. The van der Waals surface area contributed by atoms with Crippen LogP contribution in [0.25, 0.3) is 0 Å². The lowest BCUT2D eigenvalue weighted by Crippen LogP contribution is -2.36. The van der Waals surface area contributed by atoms with Crippen LogP contribution in [0.15, 0.2) is 30.3 Å². The fourth-order valence-corrected chi connectivity index (χ4v) is 4.83. The largest absolute Gasteiger partial charge is 0.462 e. The minimum absolute atomic E-state index is 0.232. The average Bonchev–Trinajstić information content (AvgIpc) is 3.24. The first kappa shape index (κ1) is 16.4. The summed E-state index contributed by atoms with van der Waals surface area (Å²) in [6.45, 7) is 6.21. The van der Waals surface area contributed by atoms with Crippen LogP contribution in [-0.4, -0.2) is 45.4 Å². The molecule has 132 valence electrons. The third kappa shape index (κ3) is 3.00. The number of thiophene rings is 1. The molecule has 1 saturated heterocycles. The van der Waals surface area contributed by atoms with Gasteiger partial charge in [0.25, 0.3) is 0 Å². The topological polar surface area (TPSA) is 50.8 Å². The van der Waals surface area contributed by atoms with Crippen molar-refractivity contribution < 1.29 is 14.3 Å². The van der Waals surface area contributed by atoms with Crippen LogP contribution < -0.4 is 10.2 Å². The summed E-state index contributed by atoms with van der Waals surface area (Å²) in [7, 11) is 0. The van der Waals surface area contributed by atoms with E-state index in [9.17, 15) is 4.79 Å². The Kier molecular flexibility index (Phi) is 4.63. The van der Waals surface area contributed by atoms with Gasteiger partial charge < -0.3 is 19.7 Å².